The van der Waals surface area contributed by atoms with Gasteiger partial charge < -0.3 is 4.42 Å². The molecule has 4 rings (SSSR count). The van der Waals surface area contributed by atoms with Crippen LogP contribution in [0.4, 0.5) is 4.79 Å². The summed E-state index contributed by atoms with van der Waals surface area (Å²) in [5.41, 5.74) is 1.47. The number of carbonyl (C=O) groups is 3. The standard InChI is InChI=1S/C20H16N4O4/c1-13(14-8-4-2-5-9-14)24-19(26)18(25)23(20(24)27)12-16-21-22-17(28-16)15-10-6-3-7-11-15/h2-11,13H,12H2,1H3. The number of urea groups is 1. The second-order valence-corrected chi connectivity index (χ2v) is 6.30. The van der Waals surface area contributed by atoms with Gasteiger partial charge in [-0.3, -0.25) is 9.59 Å². The van der Waals surface area contributed by atoms with Crippen molar-refractivity contribution in [2.24, 2.45) is 0 Å². The minimum atomic E-state index is -0.910. The van der Waals surface area contributed by atoms with Crippen LogP contribution in [0.5, 0.6) is 0 Å². The lowest BCUT2D eigenvalue weighted by Gasteiger charge is -2.22. The van der Waals surface area contributed by atoms with Gasteiger partial charge in [0.2, 0.25) is 11.8 Å². The fourth-order valence-electron chi connectivity index (χ4n) is 3.03. The molecule has 2 heterocycles. The largest absolute Gasteiger partial charge is 0.419 e. The zero-order valence-electron chi connectivity index (χ0n) is 15.0. The first-order valence-electron chi connectivity index (χ1n) is 8.68. The Bertz CT molecular complexity index is 1030. The molecule has 1 saturated heterocycles. The molecule has 3 aromatic rings. The third-order valence-electron chi connectivity index (χ3n) is 4.53. The number of aromatic nitrogens is 2. The third-order valence-corrected chi connectivity index (χ3v) is 4.53. The molecule has 1 fully saturated rings. The SMILES string of the molecule is CC(c1ccccc1)N1C(=O)C(=O)N(Cc2nnc(-c3ccccc3)o2)C1=O. The maximum absolute atomic E-state index is 12.7. The molecule has 28 heavy (non-hydrogen) atoms. The van der Waals surface area contributed by atoms with Gasteiger partial charge in [-0.05, 0) is 24.6 Å². The Kier molecular flexibility index (Phi) is 4.44. The number of nitrogens with zero attached hydrogens (tertiary/aromatic N) is 4. The molecule has 0 spiro atoms. The topological polar surface area (TPSA) is 96.6 Å². The highest BCUT2D eigenvalue weighted by molar-refractivity contribution is 6.44. The molecular formula is C20H16N4O4. The predicted molar refractivity (Wildman–Crippen MR) is 97.4 cm³/mol. The quantitative estimate of drug-likeness (QED) is 0.502. The van der Waals surface area contributed by atoms with Gasteiger partial charge in [0.1, 0.15) is 6.54 Å². The van der Waals surface area contributed by atoms with E-state index in [-0.39, 0.29) is 18.3 Å². The van der Waals surface area contributed by atoms with E-state index in [0.29, 0.717) is 0 Å². The van der Waals surface area contributed by atoms with E-state index in [4.69, 9.17) is 4.42 Å². The van der Waals surface area contributed by atoms with Gasteiger partial charge in [0.05, 0.1) is 6.04 Å². The molecule has 0 radical (unpaired) electrons. The van der Waals surface area contributed by atoms with Gasteiger partial charge in [0.15, 0.2) is 0 Å². The van der Waals surface area contributed by atoms with E-state index in [0.717, 1.165) is 20.9 Å². The first-order valence-corrected chi connectivity index (χ1v) is 8.68. The first kappa shape index (κ1) is 17.6. The molecule has 2 aromatic carbocycles. The Morgan fingerprint density at radius 1 is 0.893 bits per heavy atom. The minimum Gasteiger partial charge on any atom is -0.419 e. The predicted octanol–water partition coefficient (Wildman–Crippen LogP) is 2.79. The van der Waals surface area contributed by atoms with Crippen molar-refractivity contribution in [1.82, 2.24) is 20.0 Å². The molecule has 1 aromatic heterocycles. The van der Waals surface area contributed by atoms with E-state index in [1.165, 1.54) is 0 Å². The van der Waals surface area contributed by atoms with Gasteiger partial charge in [-0.15, -0.1) is 10.2 Å². The highest BCUT2D eigenvalue weighted by Gasteiger charge is 2.47. The van der Waals surface area contributed by atoms with Crippen LogP contribution in [0.2, 0.25) is 0 Å². The molecule has 0 saturated carbocycles. The van der Waals surface area contributed by atoms with E-state index >= 15 is 0 Å². The minimum absolute atomic E-state index is 0.0718. The maximum Gasteiger partial charge on any atom is 0.335 e. The fraction of sp³-hybridized carbons (Fsp3) is 0.150. The maximum atomic E-state index is 12.7. The van der Waals surface area contributed by atoms with Crippen LogP contribution in [-0.4, -0.2) is 37.8 Å². The highest BCUT2D eigenvalue weighted by Crippen LogP contribution is 2.27. The summed E-state index contributed by atoms with van der Waals surface area (Å²) in [5.74, 6) is -1.44. The monoisotopic (exact) mass is 376 g/mol. The Hall–Kier alpha value is -3.81. The zero-order valence-corrected chi connectivity index (χ0v) is 15.0. The summed E-state index contributed by atoms with van der Waals surface area (Å²) in [6.45, 7) is 1.43. The van der Waals surface area contributed by atoms with Crippen LogP contribution in [0.1, 0.15) is 24.4 Å². The number of rotatable bonds is 5. The Morgan fingerprint density at radius 2 is 1.54 bits per heavy atom. The zero-order chi connectivity index (χ0) is 19.7. The summed E-state index contributed by atoms with van der Waals surface area (Å²) >= 11 is 0. The van der Waals surface area contributed by atoms with Crippen LogP contribution in [0.15, 0.2) is 65.1 Å². The second kappa shape index (κ2) is 7.07. The van der Waals surface area contributed by atoms with Crippen molar-refractivity contribution in [1.29, 1.82) is 0 Å². The lowest BCUT2D eigenvalue weighted by Crippen LogP contribution is -2.35. The van der Waals surface area contributed by atoms with Gasteiger partial charge in [-0.1, -0.05) is 48.5 Å². The van der Waals surface area contributed by atoms with Crippen LogP contribution < -0.4 is 0 Å². The van der Waals surface area contributed by atoms with Gasteiger partial charge in [0.25, 0.3) is 0 Å². The molecule has 1 unspecified atom stereocenters. The first-order chi connectivity index (χ1) is 13.6. The van der Waals surface area contributed by atoms with E-state index in [9.17, 15) is 14.4 Å². The second-order valence-electron chi connectivity index (χ2n) is 6.30. The summed E-state index contributed by atoms with van der Waals surface area (Å²) in [4.78, 5) is 39.3. The molecular weight excluding hydrogens is 360 g/mol. The molecule has 1 atom stereocenters. The van der Waals surface area contributed by atoms with Gasteiger partial charge >= 0.3 is 17.8 Å². The highest BCUT2D eigenvalue weighted by atomic mass is 16.4. The van der Waals surface area contributed by atoms with Crippen molar-refractivity contribution in [3.63, 3.8) is 0 Å². The van der Waals surface area contributed by atoms with Gasteiger partial charge in [-0.2, -0.15) is 0 Å². The molecule has 0 N–H and O–H groups in total. The lowest BCUT2D eigenvalue weighted by atomic mass is 10.1. The third kappa shape index (κ3) is 3.05. The summed E-state index contributed by atoms with van der Waals surface area (Å²) in [6, 6.07) is 16.9. The summed E-state index contributed by atoms with van der Waals surface area (Å²) in [5, 5.41) is 7.82. The van der Waals surface area contributed by atoms with E-state index in [1.807, 2.05) is 24.3 Å². The van der Waals surface area contributed by atoms with Crippen molar-refractivity contribution in [3.8, 4) is 11.5 Å². The van der Waals surface area contributed by atoms with Crippen molar-refractivity contribution in [3.05, 3.63) is 72.1 Å². The van der Waals surface area contributed by atoms with E-state index in [1.54, 1.807) is 43.3 Å². The van der Waals surface area contributed by atoms with Crippen molar-refractivity contribution in [2.45, 2.75) is 19.5 Å². The van der Waals surface area contributed by atoms with Crippen molar-refractivity contribution >= 4 is 17.8 Å². The molecule has 140 valence electrons. The number of benzene rings is 2. The Morgan fingerprint density at radius 3 is 2.21 bits per heavy atom. The number of imide groups is 2. The fourth-order valence-corrected chi connectivity index (χ4v) is 3.03. The van der Waals surface area contributed by atoms with Crippen LogP contribution in [0.25, 0.3) is 11.5 Å². The average molecular weight is 376 g/mol. The van der Waals surface area contributed by atoms with Crippen LogP contribution in [-0.2, 0) is 16.1 Å². The van der Waals surface area contributed by atoms with E-state index < -0.39 is 23.9 Å². The van der Waals surface area contributed by atoms with Crippen LogP contribution in [0, 0.1) is 0 Å². The summed E-state index contributed by atoms with van der Waals surface area (Å²) < 4.78 is 5.55. The van der Waals surface area contributed by atoms with Crippen LogP contribution >= 0.6 is 0 Å². The molecule has 1 aliphatic heterocycles. The molecule has 4 amide bonds. The number of hydrogen-bond donors (Lipinski definition) is 0. The van der Waals surface area contributed by atoms with Crippen molar-refractivity contribution < 1.29 is 18.8 Å². The van der Waals surface area contributed by atoms with Crippen LogP contribution in [0.3, 0.4) is 0 Å². The Labute approximate surface area is 160 Å². The average Bonchev–Trinajstić information content (AvgIpc) is 3.28. The van der Waals surface area contributed by atoms with E-state index in [2.05, 4.69) is 10.2 Å². The summed E-state index contributed by atoms with van der Waals surface area (Å²) in [7, 11) is 0. The normalized spacial score (nSPS) is 15.4. The molecule has 1 aliphatic rings. The van der Waals surface area contributed by atoms with Gasteiger partial charge in [-0.25, -0.2) is 14.6 Å². The number of carbonyl (C=O) groups excluding carboxylic acids is 3. The molecule has 8 heteroatoms. The van der Waals surface area contributed by atoms with Crippen molar-refractivity contribution in [2.75, 3.05) is 0 Å². The van der Waals surface area contributed by atoms with Gasteiger partial charge in [0, 0.05) is 5.56 Å². The molecule has 0 bridgehead atoms. The number of hydrogen-bond acceptors (Lipinski definition) is 6. The Balaban J connectivity index is 1.55. The molecule has 8 nitrogen and oxygen atoms in total. The summed E-state index contributed by atoms with van der Waals surface area (Å²) in [6.07, 6.45) is 0. The smallest absolute Gasteiger partial charge is 0.335 e. The number of amides is 4. The lowest BCUT2D eigenvalue weighted by molar-refractivity contribution is -0.144. The molecule has 0 aliphatic carbocycles.